The molecule has 0 saturated carbocycles. The summed E-state index contributed by atoms with van der Waals surface area (Å²) in [4.78, 5) is 0. The molecule has 1 aromatic carbocycles. The van der Waals surface area contributed by atoms with Gasteiger partial charge in [0.2, 0.25) is 5.13 Å². The molecule has 6 nitrogen and oxygen atoms in total. The number of anilines is 2. The number of aryl methyl sites for hydroxylation is 1. The van der Waals surface area contributed by atoms with Crippen molar-refractivity contribution in [3.05, 3.63) is 29.6 Å². The number of nitrogen functional groups attached to an aromatic ring is 1. The van der Waals surface area contributed by atoms with E-state index in [2.05, 4.69) is 14.9 Å². The van der Waals surface area contributed by atoms with Crippen LogP contribution in [0.4, 0.5) is 15.2 Å². The number of rotatable bonds is 3. The van der Waals surface area contributed by atoms with E-state index in [9.17, 15) is 12.8 Å². The Hall–Kier alpha value is -1.74. The Bertz CT molecular complexity index is 684. The van der Waals surface area contributed by atoms with Crippen LogP contribution in [0, 0.1) is 12.7 Å². The Morgan fingerprint density at radius 3 is 2.72 bits per heavy atom. The number of sulfonamides is 1. The van der Waals surface area contributed by atoms with Crippen LogP contribution in [-0.2, 0) is 10.0 Å². The third kappa shape index (κ3) is 2.57. The van der Waals surface area contributed by atoms with Gasteiger partial charge in [-0.15, -0.1) is 10.2 Å². The summed E-state index contributed by atoms with van der Waals surface area (Å²) in [5.74, 6) is -0.665. The van der Waals surface area contributed by atoms with Crippen molar-refractivity contribution >= 4 is 32.2 Å². The molecule has 0 radical (unpaired) electrons. The topological polar surface area (TPSA) is 98.0 Å². The minimum atomic E-state index is -3.96. The molecule has 0 atom stereocenters. The van der Waals surface area contributed by atoms with E-state index < -0.39 is 15.8 Å². The predicted molar refractivity (Wildman–Crippen MR) is 66.3 cm³/mol. The van der Waals surface area contributed by atoms with Crippen LogP contribution in [0.15, 0.2) is 22.5 Å². The number of aromatic nitrogens is 2. The monoisotopic (exact) mass is 288 g/mol. The van der Waals surface area contributed by atoms with Crippen LogP contribution in [0.3, 0.4) is 0 Å². The summed E-state index contributed by atoms with van der Waals surface area (Å²) < 4.78 is 38.9. The van der Waals surface area contributed by atoms with Gasteiger partial charge in [0.05, 0.1) is 5.69 Å². The quantitative estimate of drug-likeness (QED) is 0.888. The standard InChI is InChI=1S/C9H9FN4O2S2/c1-5-2-3-6(10)7(4-5)14-18(15,16)9-13-12-8(11)17-9/h2-4,14H,1H3,(H2,11,12). The van der Waals surface area contributed by atoms with Crippen LogP contribution in [0.5, 0.6) is 0 Å². The third-order valence-electron chi connectivity index (χ3n) is 2.02. The Morgan fingerprint density at radius 2 is 2.11 bits per heavy atom. The van der Waals surface area contributed by atoms with Gasteiger partial charge in [-0.05, 0) is 24.6 Å². The molecule has 0 aliphatic carbocycles. The maximum Gasteiger partial charge on any atom is 0.291 e. The minimum absolute atomic E-state index is 0.0279. The van der Waals surface area contributed by atoms with Crippen LogP contribution < -0.4 is 10.5 Å². The summed E-state index contributed by atoms with van der Waals surface area (Å²) in [7, 11) is -3.96. The Balaban J connectivity index is 2.36. The molecule has 0 unspecified atom stereocenters. The van der Waals surface area contributed by atoms with E-state index in [1.54, 1.807) is 6.92 Å². The lowest BCUT2D eigenvalue weighted by molar-refractivity contribution is 0.596. The first-order valence-corrected chi connectivity index (χ1v) is 7.06. The van der Waals surface area contributed by atoms with Gasteiger partial charge in [-0.25, -0.2) is 4.39 Å². The number of nitrogens with one attached hydrogen (secondary N) is 1. The first kappa shape index (κ1) is 12.7. The van der Waals surface area contributed by atoms with Crippen molar-refractivity contribution in [1.82, 2.24) is 10.2 Å². The summed E-state index contributed by atoms with van der Waals surface area (Å²) in [6.07, 6.45) is 0. The lowest BCUT2D eigenvalue weighted by atomic mass is 10.2. The van der Waals surface area contributed by atoms with E-state index in [0.29, 0.717) is 11.3 Å². The van der Waals surface area contributed by atoms with Gasteiger partial charge >= 0.3 is 0 Å². The highest BCUT2D eigenvalue weighted by molar-refractivity contribution is 7.94. The average Bonchev–Trinajstić information content (AvgIpc) is 2.71. The van der Waals surface area contributed by atoms with Gasteiger partial charge in [0.15, 0.2) is 0 Å². The number of benzene rings is 1. The van der Waals surface area contributed by atoms with E-state index >= 15 is 0 Å². The molecule has 0 bridgehead atoms. The number of nitrogens with zero attached hydrogens (tertiary/aromatic N) is 2. The number of hydrogen-bond donors (Lipinski definition) is 2. The largest absolute Gasteiger partial charge is 0.374 e. The fourth-order valence-electron chi connectivity index (χ4n) is 1.23. The second-order valence-corrected chi connectivity index (χ2v) is 6.36. The molecule has 0 fully saturated rings. The zero-order chi connectivity index (χ0) is 13.3. The van der Waals surface area contributed by atoms with Gasteiger partial charge in [-0.2, -0.15) is 8.42 Å². The molecular weight excluding hydrogens is 279 g/mol. The highest BCUT2D eigenvalue weighted by Gasteiger charge is 2.21. The smallest absolute Gasteiger partial charge is 0.291 e. The van der Waals surface area contributed by atoms with Crippen molar-refractivity contribution in [3.8, 4) is 0 Å². The van der Waals surface area contributed by atoms with Crippen LogP contribution >= 0.6 is 11.3 Å². The van der Waals surface area contributed by atoms with Gasteiger partial charge in [0.25, 0.3) is 14.4 Å². The molecule has 1 aromatic heterocycles. The normalized spacial score (nSPS) is 11.4. The molecule has 18 heavy (non-hydrogen) atoms. The zero-order valence-electron chi connectivity index (χ0n) is 9.21. The second kappa shape index (κ2) is 4.50. The summed E-state index contributed by atoms with van der Waals surface area (Å²) >= 11 is 0.707. The van der Waals surface area contributed by atoms with Gasteiger partial charge in [0.1, 0.15) is 5.82 Å². The zero-order valence-corrected chi connectivity index (χ0v) is 10.8. The number of halogens is 1. The van der Waals surface area contributed by atoms with Crippen molar-refractivity contribution in [2.75, 3.05) is 10.5 Å². The van der Waals surface area contributed by atoms with Gasteiger partial charge in [-0.3, -0.25) is 4.72 Å². The first-order valence-electron chi connectivity index (χ1n) is 4.76. The average molecular weight is 288 g/mol. The van der Waals surface area contributed by atoms with E-state index in [-0.39, 0.29) is 15.2 Å². The van der Waals surface area contributed by atoms with Crippen molar-refractivity contribution in [2.45, 2.75) is 11.3 Å². The summed E-state index contributed by atoms with van der Waals surface area (Å²) in [5, 5.41) is 6.83. The van der Waals surface area contributed by atoms with Crippen LogP contribution in [0.25, 0.3) is 0 Å². The van der Waals surface area contributed by atoms with Crippen molar-refractivity contribution in [2.24, 2.45) is 0 Å². The van der Waals surface area contributed by atoms with Crippen molar-refractivity contribution < 1.29 is 12.8 Å². The maximum atomic E-state index is 13.4. The lowest BCUT2D eigenvalue weighted by Gasteiger charge is -2.06. The SMILES string of the molecule is Cc1ccc(F)c(NS(=O)(=O)c2nnc(N)s2)c1. The van der Waals surface area contributed by atoms with Gasteiger partial charge < -0.3 is 5.73 Å². The first-order chi connectivity index (χ1) is 8.38. The number of hydrogen-bond acceptors (Lipinski definition) is 6. The van der Waals surface area contributed by atoms with Gasteiger partial charge in [0, 0.05) is 0 Å². The van der Waals surface area contributed by atoms with E-state index in [0.717, 1.165) is 5.56 Å². The molecular formula is C9H9FN4O2S2. The molecule has 0 aliphatic rings. The molecule has 0 amide bonds. The maximum absolute atomic E-state index is 13.4. The molecule has 2 rings (SSSR count). The Morgan fingerprint density at radius 1 is 1.39 bits per heavy atom. The van der Waals surface area contributed by atoms with E-state index in [4.69, 9.17) is 5.73 Å². The lowest BCUT2D eigenvalue weighted by Crippen LogP contribution is -2.14. The molecule has 3 N–H and O–H groups in total. The van der Waals surface area contributed by atoms with Crippen LogP contribution in [-0.4, -0.2) is 18.6 Å². The van der Waals surface area contributed by atoms with E-state index in [1.807, 2.05) is 0 Å². The molecule has 9 heteroatoms. The van der Waals surface area contributed by atoms with E-state index in [1.165, 1.54) is 18.2 Å². The highest BCUT2D eigenvalue weighted by Crippen LogP contribution is 2.22. The van der Waals surface area contributed by atoms with Gasteiger partial charge in [-0.1, -0.05) is 17.4 Å². The van der Waals surface area contributed by atoms with Crippen LogP contribution in [0.2, 0.25) is 0 Å². The second-order valence-electron chi connectivity index (χ2n) is 3.50. The molecule has 0 spiro atoms. The molecule has 96 valence electrons. The highest BCUT2D eigenvalue weighted by atomic mass is 32.2. The third-order valence-corrected chi connectivity index (χ3v) is 4.50. The van der Waals surface area contributed by atoms with Crippen molar-refractivity contribution in [1.29, 1.82) is 0 Å². The fourth-order valence-corrected chi connectivity index (χ4v) is 3.08. The molecule has 0 aliphatic heterocycles. The summed E-state index contributed by atoms with van der Waals surface area (Å²) in [6.45, 7) is 1.72. The van der Waals surface area contributed by atoms with Crippen LogP contribution in [0.1, 0.15) is 5.56 Å². The Kier molecular flexibility index (Phi) is 3.18. The predicted octanol–water partition coefficient (Wildman–Crippen LogP) is 1.37. The fraction of sp³-hybridized carbons (Fsp3) is 0.111. The molecule has 0 saturated heterocycles. The Labute approximate surface area is 107 Å². The summed E-state index contributed by atoms with van der Waals surface area (Å²) in [6, 6.07) is 4.11. The number of nitrogens with two attached hydrogens (primary N) is 1. The molecule has 1 heterocycles. The molecule has 2 aromatic rings. The van der Waals surface area contributed by atoms with Crippen molar-refractivity contribution in [3.63, 3.8) is 0 Å². The minimum Gasteiger partial charge on any atom is -0.374 e. The summed E-state index contributed by atoms with van der Waals surface area (Å²) in [5.41, 5.74) is 5.89.